The number of pyridine rings is 1. The zero-order valence-electron chi connectivity index (χ0n) is 13.9. The number of hydrogen-bond acceptors (Lipinski definition) is 7. The molecule has 0 bridgehead atoms. The highest BCUT2D eigenvalue weighted by Crippen LogP contribution is 2.28. The van der Waals surface area contributed by atoms with Crippen LogP contribution in [0, 0.1) is 0 Å². The van der Waals surface area contributed by atoms with Gasteiger partial charge in [-0.3, -0.25) is 18.5 Å². The highest BCUT2D eigenvalue weighted by molar-refractivity contribution is 7.90. The van der Waals surface area contributed by atoms with E-state index in [1.165, 1.54) is 19.4 Å². The van der Waals surface area contributed by atoms with Gasteiger partial charge in [-0.05, 0) is 19.1 Å². The topological polar surface area (TPSA) is 75.5 Å². The molecule has 0 saturated heterocycles. The average Bonchev–Trinajstić information content (AvgIpc) is 2.56. The first-order valence-electron chi connectivity index (χ1n) is 7.31. The van der Waals surface area contributed by atoms with Crippen LogP contribution in [0.5, 0.6) is 11.8 Å². The lowest BCUT2D eigenvalue weighted by Crippen LogP contribution is -2.27. The number of ether oxygens (including phenoxy) is 1. The van der Waals surface area contributed by atoms with Crippen molar-refractivity contribution in [1.29, 1.82) is 0 Å². The molecule has 0 aromatic carbocycles. The molecule has 0 aliphatic heterocycles. The number of rotatable bonds is 8. The first kappa shape index (κ1) is 19.1. The minimum absolute atomic E-state index is 0.144. The normalized spacial score (nSPS) is 11.4. The molecule has 0 aliphatic carbocycles. The maximum Gasteiger partial charge on any atom is 0.299 e. The molecule has 2 heterocycles. The van der Waals surface area contributed by atoms with Gasteiger partial charge >= 0.3 is 0 Å². The summed E-state index contributed by atoms with van der Waals surface area (Å²) in [6, 6.07) is 3.05. The van der Waals surface area contributed by atoms with Crippen molar-refractivity contribution >= 4 is 12.3 Å². The summed E-state index contributed by atoms with van der Waals surface area (Å²) >= 11 is 0.762. The van der Waals surface area contributed by atoms with Gasteiger partial charge in [-0.2, -0.15) is 0 Å². The van der Waals surface area contributed by atoms with Crippen LogP contribution in [0.2, 0.25) is 0 Å². The lowest BCUT2D eigenvalue weighted by atomic mass is 10.2. The van der Waals surface area contributed by atoms with E-state index in [1.54, 1.807) is 19.1 Å². The molecular formula is C15H17F2N3O4S. The van der Waals surface area contributed by atoms with Crippen LogP contribution >= 0.6 is 12.3 Å². The minimum Gasteiger partial charge on any atom is -0.458 e. The summed E-state index contributed by atoms with van der Waals surface area (Å²) in [6.07, 6.45) is 2.71. The molecule has 7 nitrogen and oxygen atoms in total. The van der Waals surface area contributed by atoms with Crippen molar-refractivity contribution in [3.05, 3.63) is 34.9 Å². The molecule has 0 N–H and O–H groups in total. The molecule has 2 aromatic rings. The molecule has 2 rings (SSSR count). The van der Waals surface area contributed by atoms with Crippen LogP contribution in [0.4, 0.5) is 8.78 Å². The Bertz CT molecular complexity index is 780. The van der Waals surface area contributed by atoms with Gasteiger partial charge in [-0.25, -0.2) is 13.8 Å². The van der Waals surface area contributed by atoms with Crippen molar-refractivity contribution in [3.8, 4) is 23.0 Å². The third-order valence-electron chi connectivity index (χ3n) is 2.90. The molecule has 0 fully saturated rings. The van der Waals surface area contributed by atoms with E-state index in [4.69, 9.17) is 13.1 Å². The van der Waals surface area contributed by atoms with Crippen molar-refractivity contribution in [2.45, 2.75) is 19.8 Å². The number of halogens is 2. The summed E-state index contributed by atoms with van der Waals surface area (Å²) in [5.41, 5.74) is -0.102. The Kier molecular flexibility index (Phi) is 6.32. The second kappa shape index (κ2) is 8.26. The molecule has 10 heteroatoms. The van der Waals surface area contributed by atoms with Gasteiger partial charge in [-0.1, -0.05) is 0 Å². The largest absolute Gasteiger partial charge is 0.458 e. The molecule has 0 unspecified atom stereocenters. The monoisotopic (exact) mass is 373 g/mol. The van der Waals surface area contributed by atoms with Crippen LogP contribution in [0.3, 0.4) is 0 Å². The van der Waals surface area contributed by atoms with E-state index in [0.717, 1.165) is 16.9 Å². The van der Waals surface area contributed by atoms with Gasteiger partial charge in [0.25, 0.3) is 17.5 Å². The number of aromatic nitrogens is 3. The fourth-order valence-electron chi connectivity index (χ4n) is 1.79. The quantitative estimate of drug-likeness (QED) is 0.520. The van der Waals surface area contributed by atoms with Crippen LogP contribution in [0.15, 0.2) is 29.3 Å². The van der Waals surface area contributed by atoms with E-state index in [2.05, 4.69) is 9.97 Å². The molecule has 25 heavy (non-hydrogen) atoms. The fourth-order valence-corrected chi connectivity index (χ4v) is 2.14. The molecule has 0 atom stereocenters. The Morgan fingerprint density at radius 3 is 2.80 bits per heavy atom. The fraction of sp³-hybridized carbons (Fsp3) is 0.400. The molecule has 0 radical (unpaired) electrons. The Morgan fingerprint density at radius 2 is 2.12 bits per heavy atom. The molecule has 0 saturated carbocycles. The van der Waals surface area contributed by atoms with Gasteiger partial charge in [0.15, 0.2) is 12.4 Å². The van der Waals surface area contributed by atoms with Crippen LogP contribution in [-0.4, -0.2) is 33.7 Å². The highest BCUT2D eigenvalue weighted by Gasteiger charge is 2.24. The van der Waals surface area contributed by atoms with Crippen LogP contribution in [-0.2, 0) is 11.2 Å². The van der Waals surface area contributed by atoms with Crippen molar-refractivity contribution < 1.29 is 21.9 Å². The predicted octanol–water partition coefficient (Wildman–Crippen LogP) is 2.85. The lowest BCUT2D eigenvalue weighted by molar-refractivity contribution is -0.0268. The third-order valence-corrected chi connectivity index (χ3v) is 3.48. The minimum atomic E-state index is -3.03. The van der Waals surface area contributed by atoms with Gasteiger partial charge in [-0.15, -0.1) is 0 Å². The molecule has 0 aliphatic rings. The predicted molar refractivity (Wildman–Crippen MR) is 88.7 cm³/mol. The van der Waals surface area contributed by atoms with E-state index in [9.17, 15) is 13.6 Å². The standard InChI is InChI=1S/C15H17F2N3O4S/c1-4-23-25-24-11-6-5-7-18-12(11)10-8-19-14(20(3)13(10)21)22-9-15(2,16)17/h5-8H,4,9H2,1-3H3. The number of alkyl halides is 2. The lowest BCUT2D eigenvalue weighted by Gasteiger charge is -2.14. The summed E-state index contributed by atoms with van der Waals surface area (Å²) in [4.78, 5) is 20.6. The van der Waals surface area contributed by atoms with Crippen molar-refractivity contribution in [2.75, 3.05) is 13.2 Å². The van der Waals surface area contributed by atoms with Crippen LogP contribution < -0.4 is 14.5 Å². The number of hydrogen-bond donors (Lipinski definition) is 0. The average molecular weight is 373 g/mol. The first-order valence-corrected chi connectivity index (χ1v) is 7.98. The smallest absolute Gasteiger partial charge is 0.299 e. The molecule has 2 aromatic heterocycles. The zero-order valence-corrected chi connectivity index (χ0v) is 14.7. The SMILES string of the molecule is CCOSOc1cccnc1-c1cnc(OCC(C)(F)F)n(C)c1=O. The summed E-state index contributed by atoms with van der Waals surface area (Å²) < 4.78 is 42.2. The van der Waals surface area contributed by atoms with E-state index in [1.807, 2.05) is 0 Å². The third kappa shape index (κ3) is 5.13. The van der Waals surface area contributed by atoms with Crippen molar-refractivity contribution in [3.63, 3.8) is 0 Å². The first-order chi connectivity index (χ1) is 11.8. The number of nitrogens with zero attached hydrogens (tertiary/aromatic N) is 3. The van der Waals surface area contributed by atoms with Gasteiger partial charge in [0.1, 0.15) is 5.69 Å². The Balaban J connectivity index is 2.32. The Labute approximate surface area is 147 Å². The maximum absolute atomic E-state index is 12.9. The van der Waals surface area contributed by atoms with E-state index in [0.29, 0.717) is 19.3 Å². The van der Waals surface area contributed by atoms with E-state index < -0.39 is 18.1 Å². The Hall–Kier alpha value is -2.20. The molecular weight excluding hydrogens is 356 g/mol. The second-order valence-corrected chi connectivity index (χ2v) is 5.62. The van der Waals surface area contributed by atoms with Gasteiger partial charge in [0.2, 0.25) is 12.3 Å². The van der Waals surface area contributed by atoms with E-state index in [-0.39, 0.29) is 17.3 Å². The highest BCUT2D eigenvalue weighted by atomic mass is 32.2. The van der Waals surface area contributed by atoms with Crippen molar-refractivity contribution in [2.24, 2.45) is 7.05 Å². The second-order valence-electron chi connectivity index (χ2n) is 5.09. The molecule has 136 valence electrons. The van der Waals surface area contributed by atoms with Gasteiger partial charge in [0.05, 0.1) is 12.2 Å². The summed E-state index contributed by atoms with van der Waals surface area (Å²) in [7, 11) is 1.38. The molecule has 0 amide bonds. The van der Waals surface area contributed by atoms with Gasteiger partial charge in [0, 0.05) is 26.4 Å². The van der Waals surface area contributed by atoms with Crippen LogP contribution in [0.25, 0.3) is 11.3 Å². The summed E-state index contributed by atoms with van der Waals surface area (Å²) in [5.74, 6) is -2.72. The summed E-state index contributed by atoms with van der Waals surface area (Å²) in [5, 5.41) is 0. The van der Waals surface area contributed by atoms with E-state index >= 15 is 0 Å². The zero-order chi connectivity index (χ0) is 18.4. The molecule has 0 spiro atoms. The van der Waals surface area contributed by atoms with Crippen molar-refractivity contribution in [1.82, 2.24) is 14.5 Å². The van der Waals surface area contributed by atoms with Gasteiger partial charge < -0.3 is 8.92 Å². The maximum atomic E-state index is 12.9. The summed E-state index contributed by atoms with van der Waals surface area (Å²) in [6.45, 7) is 2.08. The Morgan fingerprint density at radius 1 is 1.36 bits per heavy atom. The van der Waals surface area contributed by atoms with Crippen LogP contribution in [0.1, 0.15) is 13.8 Å².